The van der Waals surface area contributed by atoms with Crippen LogP contribution in [0.4, 0.5) is 0 Å². The molecular weight excluding hydrogens is 328 g/mol. The molecular formula is C18H21ClN2O3. The molecule has 0 unspecified atom stereocenters. The largest absolute Gasteiger partial charge is 0.490 e. The molecule has 0 saturated heterocycles. The molecule has 1 atom stereocenters. The van der Waals surface area contributed by atoms with Crippen molar-refractivity contribution in [2.24, 2.45) is 0 Å². The van der Waals surface area contributed by atoms with E-state index in [1.54, 1.807) is 24.4 Å². The summed E-state index contributed by atoms with van der Waals surface area (Å²) in [7, 11) is 0. The molecule has 0 aliphatic heterocycles. The van der Waals surface area contributed by atoms with Gasteiger partial charge in [-0.1, -0.05) is 11.6 Å². The maximum absolute atomic E-state index is 12.3. The van der Waals surface area contributed by atoms with Crippen LogP contribution in [0.1, 0.15) is 42.7 Å². The van der Waals surface area contributed by atoms with Gasteiger partial charge in [0.05, 0.1) is 24.8 Å². The molecule has 0 aliphatic rings. The highest BCUT2D eigenvalue weighted by Crippen LogP contribution is 2.36. The Balaban J connectivity index is 2.23. The molecule has 0 fully saturated rings. The van der Waals surface area contributed by atoms with Crippen molar-refractivity contribution in [1.82, 2.24) is 10.3 Å². The van der Waals surface area contributed by atoms with E-state index in [1.165, 1.54) is 6.20 Å². The summed E-state index contributed by atoms with van der Waals surface area (Å²) >= 11 is 6.36. The Morgan fingerprint density at radius 1 is 1.25 bits per heavy atom. The van der Waals surface area contributed by atoms with E-state index in [2.05, 4.69) is 10.3 Å². The Bertz CT molecular complexity index is 692. The van der Waals surface area contributed by atoms with Gasteiger partial charge in [0.2, 0.25) is 0 Å². The van der Waals surface area contributed by atoms with Crippen molar-refractivity contribution < 1.29 is 14.3 Å². The maximum atomic E-state index is 12.3. The number of rotatable bonds is 7. The predicted octanol–water partition coefficient (Wildman–Crippen LogP) is 4.02. The van der Waals surface area contributed by atoms with Gasteiger partial charge in [-0.05, 0) is 44.5 Å². The van der Waals surface area contributed by atoms with E-state index in [4.69, 9.17) is 21.1 Å². The van der Waals surface area contributed by atoms with Gasteiger partial charge in [-0.25, -0.2) is 0 Å². The third-order valence-electron chi connectivity index (χ3n) is 3.40. The molecule has 1 aromatic heterocycles. The minimum Gasteiger partial charge on any atom is -0.490 e. The second-order valence-corrected chi connectivity index (χ2v) is 5.53. The second kappa shape index (κ2) is 8.55. The average Bonchev–Trinajstić information content (AvgIpc) is 2.58. The molecule has 2 aromatic rings. The fraction of sp³-hybridized carbons (Fsp3) is 0.333. The van der Waals surface area contributed by atoms with Gasteiger partial charge in [0.25, 0.3) is 5.91 Å². The van der Waals surface area contributed by atoms with Crippen LogP contribution in [0.5, 0.6) is 11.5 Å². The van der Waals surface area contributed by atoms with Crippen molar-refractivity contribution in [2.75, 3.05) is 13.2 Å². The Morgan fingerprint density at radius 3 is 2.50 bits per heavy atom. The highest BCUT2D eigenvalue weighted by atomic mass is 35.5. The van der Waals surface area contributed by atoms with Gasteiger partial charge in [-0.15, -0.1) is 0 Å². The molecule has 0 bridgehead atoms. The zero-order valence-corrected chi connectivity index (χ0v) is 14.8. The van der Waals surface area contributed by atoms with Crippen molar-refractivity contribution in [3.05, 3.63) is 52.8 Å². The smallest absolute Gasteiger partial charge is 0.253 e. The number of nitrogens with zero attached hydrogens (tertiary/aromatic N) is 1. The minimum atomic E-state index is -0.292. The zero-order valence-electron chi connectivity index (χ0n) is 14.0. The number of nitrogens with one attached hydrogen (secondary N) is 1. The summed E-state index contributed by atoms with van der Waals surface area (Å²) in [5, 5.41) is 3.43. The molecule has 0 radical (unpaired) electrons. The Kier molecular flexibility index (Phi) is 6.44. The van der Waals surface area contributed by atoms with Crippen LogP contribution in [0.3, 0.4) is 0 Å². The first-order valence-corrected chi connectivity index (χ1v) is 8.24. The number of pyridine rings is 1. The van der Waals surface area contributed by atoms with E-state index < -0.39 is 0 Å². The van der Waals surface area contributed by atoms with E-state index in [1.807, 2.05) is 26.8 Å². The van der Waals surface area contributed by atoms with E-state index in [0.29, 0.717) is 35.3 Å². The molecule has 0 aliphatic carbocycles. The fourth-order valence-corrected chi connectivity index (χ4v) is 2.59. The summed E-state index contributed by atoms with van der Waals surface area (Å²) in [6, 6.07) is 6.67. The first-order valence-electron chi connectivity index (χ1n) is 7.86. The van der Waals surface area contributed by atoms with E-state index in [-0.39, 0.29) is 11.9 Å². The Hall–Kier alpha value is -2.27. The molecule has 1 amide bonds. The number of amides is 1. The van der Waals surface area contributed by atoms with Crippen LogP contribution in [0.2, 0.25) is 5.02 Å². The second-order valence-electron chi connectivity index (χ2n) is 5.12. The number of halogens is 1. The lowest BCUT2D eigenvalue weighted by Crippen LogP contribution is -2.27. The fourth-order valence-electron chi connectivity index (χ4n) is 2.27. The SMILES string of the molecule is CCOc1cc(Cl)c([C@H](C)NC(=O)c2cccnc2)cc1OCC. The minimum absolute atomic E-state index is 0.210. The van der Waals surface area contributed by atoms with Crippen LogP contribution in [0, 0.1) is 0 Å². The summed E-state index contributed by atoms with van der Waals surface area (Å²) in [6.07, 6.45) is 3.14. The van der Waals surface area contributed by atoms with Crippen molar-refractivity contribution in [2.45, 2.75) is 26.8 Å². The summed E-state index contributed by atoms with van der Waals surface area (Å²) in [5.41, 5.74) is 1.26. The third kappa shape index (κ3) is 4.38. The van der Waals surface area contributed by atoms with Gasteiger partial charge < -0.3 is 14.8 Å². The standard InChI is InChI=1S/C18H21ClN2O3/c1-4-23-16-9-14(15(19)10-17(16)24-5-2)12(3)21-18(22)13-7-6-8-20-11-13/h6-12H,4-5H2,1-3H3,(H,21,22)/t12-/m0/s1. The topological polar surface area (TPSA) is 60.5 Å². The number of benzene rings is 1. The van der Waals surface area contributed by atoms with E-state index in [9.17, 15) is 4.79 Å². The highest BCUT2D eigenvalue weighted by Gasteiger charge is 2.18. The lowest BCUT2D eigenvalue weighted by Gasteiger charge is -2.19. The maximum Gasteiger partial charge on any atom is 0.253 e. The number of ether oxygens (including phenoxy) is 2. The number of aromatic nitrogens is 1. The lowest BCUT2D eigenvalue weighted by molar-refractivity contribution is 0.0939. The van der Waals surface area contributed by atoms with Crippen LogP contribution in [0.25, 0.3) is 0 Å². The van der Waals surface area contributed by atoms with Gasteiger partial charge in [0.15, 0.2) is 11.5 Å². The van der Waals surface area contributed by atoms with Crippen molar-refractivity contribution in [3.63, 3.8) is 0 Å². The molecule has 1 N–H and O–H groups in total. The van der Waals surface area contributed by atoms with Crippen LogP contribution in [-0.4, -0.2) is 24.1 Å². The van der Waals surface area contributed by atoms with Gasteiger partial charge in [-0.2, -0.15) is 0 Å². The van der Waals surface area contributed by atoms with Crippen LogP contribution >= 0.6 is 11.6 Å². The van der Waals surface area contributed by atoms with Crippen LogP contribution in [-0.2, 0) is 0 Å². The lowest BCUT2D eigenvalue weighted by atomic mass is 10.1. The van der Waals surface area contributed by atoms with E-state index in [0.717, 1.165) is 5.56 Å². The molecule has 128 valence electrons. The van der Waals surface area contributed by atoms with Crippen LogP contribution in [0.15, 0.2) is 36.7 Å². The normalized spacial score (nSPS) is 11.7. The summed E-state index contributed by atoms with van der Waals surface area (Å²) in [4.78, 5) is 16.2. The monoisotopic (exact) mass is 348 g/mol. The summed E-state index contributed by atoms with van der Waals surface area (Å²) < 4.78 is 11.2. The average molecular weight is 349 g/mol. The Morgan fingerprint density at radius 2 is 1.92 bits per heavy atom. The molecule has 6 heteroatoms. The zero-order chi connectivity index (χ0) is 17.5. The van der Waals surface area contributed by atoms with Crippen LogP contribution < -0.4 is 14.8 Å². The van der Waals surface area contributed by atoms with Gasteiger partial charge in [0, 0.05) is 23.5 Å². The van der Waals surface area contributed by atoms with Gasteiger partial charge in [-0.3, -0.25) is 9.78 Å². The molecule has 0 spiro atoms. The highest BCUT2D eigenvalue weighted by molar-refractivity contribution is 6.31. The molecule has 5 nitrogen and oxygen atoms in total. The quantitative estimate of drug-likeness (QED) is 0.820. The van der Waals surface area contributed by atoms with Crippen molar-refractivity contribution >= 4 is 17.5 Å². The summed E-state index contributed by atoms with van der Waals surface area (Å²) in [6.45, 7) is 6.69. The summed E-state index contributed by atoms with van der Waals surface area (Å²) in [5.74, 6) is 0.999. The molecule has 0 saturated carbocycles. The number of carbonyl (C=O) groups is 1. The van der Waals surface area contributed by atoms with Crippen molar-refractivity contribution in [1.29, 1.82) is 0 Å². The first kappa shape index (κ1) is 18.1. The molecule has 24 heavy (non-hydrogen) atoms. The molecule has 2 rings (SSSR count). The molecule has 1 heterocycles. The van der Waals surface area contributed by atoms with Gasteiger partial charge >= 0.3 is 0 Å². The van der Waals surface area contributed by atoms with Crippen molar-refractivity contribution in [3.8, 4) is 11.5 Å². The molecule has 1 aromatic carbocycles. The number of carbonyl (C=O) groups excluding carboxylic acids is 1. The van der Waals surface area contributed by atoms with Gasteiger partial charge in [0.1, 0.15) is 0 Å². The Labute approximate surface area is 147 Å². The predicted molar refractivity (Wildman–Crippen MR) is 93.9 cm³/mol. The number of hydrogen-bond donors (Lipinski definition) is 1. The first-order chi connectivity index (χ1) is 11.6. The number of hydrogen-bond acceptors (Lipinski definition) is 4. The third-order valence-corrected chi connectivity index (χ3v) is 3.73. The van der Waals surface area contributed by atoms with E-state index >= 15 is 0 Å².